The summed E-state index contributed by atoms with van der Waals surface area (Å²) in [4.78, 5) is 11.1. The molecule has 0 aliphatic carbocycles. The predicted octanol–water partition coefficient (Wildman–Crippen LogP) is 3.15. The average molecular weight is 186 g/mol. The van der Waals surface area contributed by atoms with Crippen LogP contribution in [0.1, 0.15) is 53.4 Å². The molecular formula is C11H22O2. The summed E-state index contributed by atoms with van der Waals surface area (Å²) in [6.07, 6.45) is 4.41. The van der Waals surface area contributed by atoms with Crippen LogP contribution in [0.3, 0.4) is 0 Å². The SMILES string of the molecule is CC.CCCCC1CC(C)OC1=O. The maximum Gasteiger partial charge on any atom is 0.309 e. The highest BCUT2D eigenvalue weighted by molar-refractivity contribution is 5.74. The van der Waals surface area contributed by atoms with Gasteiger partial charge in [0.05, 0.1) is 12.0 Å². The van der Waals surface area contributed by atoms with Gasteiger partial charge in [0.1, 0.15) is 0 Å². The third kappa shape index (κ3) is 4.30. The Balaban J connectivity index is 0.000000671. The second kappa shape index (κ2) is 6.93. The van der Waals surface area contributed by atoms with Crippen molar-refractivity contribution in [2.75, 3.05) is 0 Å². The van der Waals surface area contributed by atoms with Gasteiger partial charge in [0.15, 0.2) is 0 Å². The van der Waals surface area contributed by atoms with E-state index in [0.29, 0.717) is 0 Å². The van der Waals surface area contributed by atoms with Crippen LogP contribution in [0.15, 0.2) is 0 Å². The van der Waals surface area contributed by atoms with Crippen molar-refractivity contribution in [1.29, 1.82) is 0 Å². The molecule has 0 bridgehead atoms. The lowest BCUT2D eigenvalue weighted by Crippen LogP contribution is -2.06. The molecule has 13 heavy (non-hydrogen) atoms. The predicted molar refractivity (Wildman–Crippen MR) is 54.5 cm³/mol. The molecule has 1 heterocycles. The van der Waals surface area contributed by atoms with Crippen molar-refractivity contribution in [1.82, 2.24) is 0 Å². The summed E-state index contributed by atoms with van der Waals surface area (Å²) in [5, 5.41) is 0. The van der Waals surface area contributed by atoms with Crippen molar-refractivity contribution in [3.05, 3.63) is 0 Å². The van der Waals surface area contributed by atoms with Gasteiger partial charge in [-0.2, -0.15) is 0 Å². The molecule has 0 aromatic heterocycles. The minimum atomic E-state index is 0.0194. The summed E-state index contributed by atoms with van der Waals surface area (Å²) in [6.45, 7) is 8.10. The third-order valence-electron chi connectivity index (χ3n) is 2.17. The van der Waals surface area contributed by atoms with E-state index in [1.807, 2.05) is 20.8 Å². The van der Waals surface area contributed by atoms with E-state index in [2.05, 4.69) is 6.92 Å². The molecule has 2 nitrogen and oxygen atoms in total. The van der Waals surface area contributed by atoms with Gasteiger partial charge in [0, 0.05) is 0 Å². The van der Waals surface area contributed by atoms with E-state index in [0.717, 1.165) is 25.7 Å². The van der Waals surface area contributed by atoms with Crippen molar-refractivity contribution in [2.45, 2.75) is 59.5 Å². The number of unbranched alkanes of at least 4 members (excludes halogenated alkanes) is 1. The van der Waals surface area contributed by atoms with Crippen LogP contribution < -0.4 is 0 Å². The second-order valence-corrected chi connectivity index (χ2v) is 3.32. The van der Waals surface area contributed by atoms with E-state index in [9.17, 15) is 4.79 Å². The first-order valence-corrected chi connectivity index (χ1v) is 5.44. The smallest absolute Gasteiger partial charge is 0.309 e. The fraction of sp³-hybridized carbons (Fsp3) is 0.909. The number of hydrogen-bond donors (Lipinski definition) is 0. The first-order valence-electron chi connectivity index (χ1n) is 5.44. The minimum Gasteiger partial charge on any atom is -0.462 e. The van der Waals surface area contributed by atoms with Gasteiger partial charge >= 0.3 is 5.97 Å². The van der Waals surface area contributed by atoms with Crippen LogP contribution in [0.2, 0.25) is 0 Å². The number of rotatable bonds is 3. The lowest BCUT2D eigenvalue weighted by molar-refractivity contribution is -0.143. The zero-order valence-electron chi connectivity index (χ0n) is 9.30. The van der Waals surface area contributed by atoms with Gasteiger partial charge in [0.2, 0.25) is 0 Å². The van der Waals surface area contributed by atoms with Crippen molar-refractivity contribution in [3.63, 3.8) is 0 Å². The third-order valence-corrected chi connectivity index (χ3v) is 2.17. The molecule has 0 aromatic carbocycles. The topological polar surface area (TPSA) is 26.3 Å². The van der Waals surface area contributed by atoms with Gasteiger partial charge in [-0.1, -0.05) is 33.6 Å². The van der Waals surface area contributed by atoms with Gasteiger partial charge in [-0.25, -0.2) is 0 Å². The maximum absolute atomic E-state index is 11.1. The first kappa shape index (κ1) is 12.5. The molecular weight excluding hydrogens is 164 g/mol. The van der Waals surface area contributed by atoms with E-state index in [-0.39, 0.29) is 18.0 Å². The number of cyclic esters (lactones) is 1. The second-order valence-electron chi connectivity index (χ2n) is 3.32. The number of esters is 1. The molecule has 1 aliphatic heterocycles. The lowest BCUT2D eigenvalue weighted by atomic mass is 9.99. The van der Waals surface area contributed by atoms with Crippen LogP contribution in [0.25, 0.3) is 0 Å². The van der Waals surface area contributed by atoms with Crippen LogP contribution in [-0.4, -0.2) is 12.1 Å². The molecule has 1 aliphatic rings. The van der Waals surface area contributed by atoms with Crippen molar-refractivity contribution >= 4 is 5.97 Å². The molecule has 0 N–H and O–H groups in total. The van der Waals surface area contributed by atoms with Crippen LogP contribution in [-0.2, 0) is 9.53 Å². The van der Waals surface area contributed by atoms with Gasteiger partial charge in [-0.05, 0) is 19.8 Å². The molecule has 1 saturated heterocycles. The van der Waals surface area contributed by atoms with Crippen LogP contribution in [0, 0.1) is 5.92 Å². The Hall–Kier alpha value is -0.530. The summed E-state index contributed by atoms with van der Waals surface area (Å²) in [5.74, 6) is 0.218. The molecule has 2 heteroatoms. The standard InChI is InChI=1S/C9H16O2.C2H6/c1-3-4-5-8-6-7(2)11-9(8)10;1-2/h7-8H,3-6H2,1-2H3;1-2H3. The summed E-state index contributed by atoms with van der Waals surface area (Å²) < 4.78 is 5.03. The Labute approximate surface area is 81.7 Å². The summed E-state index contributed by atoms with van der Waals surface area (Å²) in [6, 6.07) is 0. The minimum absolute atomic E-state index is 0.0194. The van der Waals surface area contributed by atoms with Crippen molar-refractivity contribution < 1.29 is 9.53 Å². The van der Waals surface area contributed by atoms with Gasteiger partial charge in [-0.3, -0.25) is 4.79 Å². The Bertz CT molecular complexity index is 143. The fourth-order valence-corrected chi connectivity index (χ4v) is 1.53. The van der Waals surface area contributed by atoms with Gasteiger partial charge < -0.3 is 4.74 Å². The van der Waals surface area contributed by atoms with E-state index < -0.39 is 0 Å². The lowest BCUT2D eigenvalue weighted by Gasteiger charge is -2.01. The molecule has 0 spiro atoms. The van der Waals surface area contributed by atoms with E-state index in [4.69, 9.17) is 4.74 Å². The Morgan fingerprint density at radius 1 is 1.46 bits per heavy atom. The fourth-order valence-electron chi connectivity index (χ4n) is 1.53. The highest BCUT2D eigenvalue weighted by Crippen LogP contribution is 2.25. The molecule has 0 radical (unpaired) electrons. The quantitative estimate of drug-likeness (QED) is 0.633. The largest absolute Gasteiger partial charge is 0.462 e. The molecule has 1 rings (SSSR count). The number of carbonyl (C=O) groups is 1. The van der Waals surface area contributed by atoms with E-state index in [1.54, 1.807) is 0 Å². The maximum atomic E-state index is 11.1. The molecule has 0 aromatic rings. The number of carbonyl (C=O) groups excluding carboxylic acids is 1. The monoisotopic (exact) mass is 186 g/mol. The van der Waals surface area contributed by atoms with Gasteiger partial charge in [0.25, 0.3) is 0 Å². The van der Waals surface area contributed by atoms with Crippen molar-refractivity contribution in [3.8, 4) is 0 Å². The summed E-state index contributed by atoms with van der Waals surface area (Å²) in [7, 11) is 0. The molecule has 0 amide bonds. The summed E-state index contributed by atoms with van der Waals surface area (Å²) >= 11 is 0. The highest BCUT2D eigenvalue weighted by atomic mass is 16.5. The zero-order valence-corrected chi connectivity index (χ0v) is 9.30. The van der Waals surface area contributed by atoms with E-state index >= 15 is 0 Å². The molecule has 2 unspecified atom stereocenters. The molecule has 1 fully saturated rings. The Kier molecular flexibility index (Phi) is 6.65. The summed E-state index contributed by atoms with van der Waals surface area (Å²) in [5.41, 5.74) is 0. The van der Waals surface area contributed by atoms with Crippen LogP contribution in [0.5, 0.6) is 0 Å². The number of hydrogen-bond acceptors (Lipinski definition) is 2. The highest BCUT2D eigenvalue weighted by Gasteiger charge is 2.30. The molecule has 2 atom stereocenters. The zero-order chi connectivity index (χ0) is 10.3. The number of ether oxygens (including phenoxy) is 1. The van der Waals surface area contributed by atoms with Crippen LogP contribution in [0.4, 0.5) is 0 Å². The molecule has 78 valence electrons. The normalized spacial score (nSPS) is 26.3. The first-order chi connectivity index (χ1) is 6.24. The van der Waals surface area contributed by atoms with Crippen molar-refractivity contribution in [2.24, 2.45) is 5.92 Å². The Morgan fingerprint density at radius 3 is 2.46 bits per heavy atom. The van der Waals surface area contributed by atoms with E-state index in [1.165, 1.54) is 0 Å². The van der Waals surface area contributed by atoms with Gasteiger partial charge in [-0.15, -0.1) is 0 Å². The van der Waals surface area contributed by atoms with Crippen LogP contribution >= 0.6 is 0 Å². The molecule has 0 saturated carbocycles. The average Bonchev–Trinajstić information content (AvgIpc) is 2.45. The Morgan fingerprint density at radius 2 is 2.08 bits per heavy atom.